The molecule has 114 valence electrons. The van der Waals surface area contributed by atoms with E-state index in [0.29, 0.717) is 18.4 Å². The van der Waals surface area contributed by atoms with Crippen molar-refractivity contribution in [3.8, 4) is 0 Å². The predicted octanol–water partition coefficient (Wildman–Crippen LogP) is 2.36. The quantitative estimate of drug-likeness (QED) is 0.471. The van der Waals surface area contributed by atoms with Gasteiger partial charge < -0.3 is 9.64 Å². The van der Waals surface area contributed by atoms with Crippen molar-refractivity contribution in [1.82, 2.24) is 4.90 Å². The van der Waals surface area contributed by atoms with Gasteiger partial charge in [0.2, 0.25) is 0 Å². The lowest BCUT2D eigenvalue weighted by atomic mass is 10.1. The molecule has 0 aromatic heterocycles. The fourth-order valence-corrected chi connectivity index (χ4v) is 2.64. The summed E-state index contributed by atoms with van der Waals surface area (Å²) in [5.74, 6) is -1.23. The largest absolute Gasteiger partial charge is 0.371 e. The molecule has 1 aromatic carbocycles. The van der Waals surface area contributed by atoms with Gasteiger partial charge in [-0.15, -0.1) is 0 Å². The Morgan fingerprint density at radius 1 is 1.52 bits per heavy atom. The fourth-order valence-electron chi connectivity index (χ4n) is 2.28. The van der Waals surface area contributed by atoms with Gasteiger partial charge in [0.15, 0.2) is 0 Å². The summed E-state index contributed by atoms with van der Waals surface area (Å²) in [5.41, 5.74) is -0.458. The van der Waals surface area contributed by atoms with E-state index in [1.807, 2.05) is 6.92 Å². The molecule has 0 saturated carbocycles. The molecule has 1 aliphatic heterocycles. The number of benzene rings is 1. The van der Waals surface area contributed by atoms with Crippen LogP contribution in [0.3, 0.4) is 0 Å². The fraction of sp³-hybridized carbons (Fsp3) is 0.462. The number of halogens is 2. The van der Waals surface area contributed by atoms with E-state index in [4.69, 9.17) is 4.74 Å². The predicted molar refractivity (Wildman–Crippen MR) is 77.1 cm³/mol. The molecule has 1 heterocycles. The van der Waals surface area contributed by atoms with Gasteiger partial charge in [0.1, 0.15) is 5.82 Å². The first-order valence-electron chi connectivity index (χ1n) is 6.36. The van der Waals surface area contributed by atoms with E-state index in [-0.39, 0.29) is 17.8 Å². The third-order valence-electron chi connectivity index (χ3n) is 3.13. The Morgan fingerprint density at radius 2 is 2.24 bits per heavy atom. The first-order valence-corrected chi connectivity index (χ1v) is 7.48. The van der Waals surface area contributed by atoms with Gasteiger partial charge >= 0.3 is 0 Å². The molecule has 0 aliphatic carbocycles. The summed E-state index contributed by atoms with van der Waals surface area (Å²) in [6, 6.07) is 2.90. The van der Waals surface area contributed by atoms with Crippen molar-refractivity contribution in [2.24, 2.45) is 0 Å². The minimum absolute atomic E-state index is 0.0240. The molecule has 0 radical (unpaired) electrons. The van der Waals surface area contributed by atoms with Crippen LogP contribution in [0.15, 0.2) is 18.2 Å². The number of nitrogens with zero attached hydrogens (tertiary/aromatic N) is 2. The molecule has 8 heteroatoms. The van der Waals surface area contributed by atoms with Crippen LogP contribution >= 0.6 is 15.9 Å². The van der Waals surface area contributed by atoms with E-state index in [1.165, 1.54) is 4.90 Å². The van der Waals surface area contributed by atoms with E-state index in [1.54, 1.807) is 0 Å². The number of alkyl halides is 1. The number of rotatable bonds is 3. The van der Waals surface area contributed by atoms with Crippen molar-refractivity contribution in [1.29, 1.82) is 0 Å². The Kier molecular flexibility index (Phi) is 4.89. The molecule has 1 amide bonds. The minimum Gasteiger partial charge on any atom is -0.371 e. The zero-order valence-electron chi connectivity index (χ0n) is 11.3. The molecule has 1 fully saturated rings. The van der Waals surface area contributed by atoms with Crippen molar-refractivity contribution in [3.63, 3.8) is 0 Å². The molecule has 2 unspecified atom stereocenters. The summed E-state index contributed by atoms with van der Waals surface area (Å²) in [5, 5.41) is 11.3. The van der Waals surface area contributed by atoms with E-state index in [0.717, 1.165) is 18.2 Å². The van der Waals surface area contributed by atoms with Crippen molar-refractivity contribution in [2.75, 3.05) is 18.4 Å². The van der Waals surface area contributed by atoms with Gasteiger partial charge in [0.25, 0.3) is 11.6 Å². The summed E-state index contributed by atoms with van der Waals surface area (Å²) in [7, 11) is 0. The van der Waals surface area contributed by atoms with Crippen LogP contribution in [0.5, 0.6) is 0 Å². The van der Waals surface area contributed by atoms with E-state index in [9.17, 15) is 19.3 Å². The first-order chi connectivity index (χ1) is 9.90. The monoisotopic (exact) mass is 360 g/mol. The van der Waals surface area contributed by atoms with Crippen LogP contribution < -0.4 is 0 Å². The maximum absolute atomic E-state index is 13.4. The van der Waals surface area contributed by atoms with E-state index in [2.05, 4.69) is 15.9 Å². The van der Waals surface area contributed by atoms with Crippen LogP contribution in [0.1, 0.15) is 17.3 Å². The summed E-state index contributed by atoms with van der Waals surface area (Å²) < 4.78 is 19.0. The van der Waals surface area contributed by atoms with Crippen molar-refractivity contribution in [3.05, 3.63) is 39.7 Å². The van der Waals surface area contributed by atoms with Crippen LogP contribution in [0.2, 0.25) is 0 Å². The lowest BCUT2D eigenvalue weighted by Crippen LogP contribution is -2.49. The Balaban J connectivity index is 2.25. The number of nitro groups is 1. The van der Waals surface area contributed by atoms with Gasteiger partial charge in [-0.3, -0.25) is 14.9 Å². The smallest absolute Gasteiger partial charge is 0.273 e. The molecule has 2 rings (SSSR count). The standard InChI is InChI=1S/C13H14BrFN2O4/c1-8-6-16(7-12(5-14)21-8)13(18)9-2-10(15)4-11(3-9)17(19)20/h2-4,8,12H,5-7H2,1H3. The lowest BCUT2D eigenvalue weighted by Gasteiger charge is -2.36. The van der Waals surface area contributed by atoms with Crippen molar-refractivity contribution in [2.45, 2.75) is 19.1 Å². The maximum Gasteiger partial charge on any atom is 0.273 e. The second-order valence-electron chi connectivity index (χ2n) is 4.89. The Labute approximate surface area is 129 Å². The molecular formula is C13H14BrFN2O4. The SMILES string of the molecule is CC1CN(C(=O)c2cc(F)cc([N+](=O)[O-])c2)CC(CBr)O1. The highest BCUT2D eigenvalue weighted by Gasteiger charge is 2.29. The van der Waals surface area contributed by atoms with Gasteiger partial charge in [-0.05, 0) is 13.0 Å². The Morgan fingerprint density at radius 3 is 2.86 bits per heavy atom. The number of hydrogen-bond acceptors (Lipinski definition) is 4. The van der Waals surface area contributed by atoms with Crippen LogP contribution in [-0.2, 0) is 4.74 Å². The number of hydrogen-bond donors (Lipinski definition) is 0. The minimum atomic E-state index is -0.800. The summed E-state index contributed by atoms with van der Waals surface area (Å²) in [4.78, 5) is 23.9. The topological polar surface area (TPSA) is 72.7 Å². The average molecular weight is 361 g/mol. The Hall–Kier alpha value is -1.54. The molecule has 1 aromatic rings. The molecular weight excluding hydrogens is 347 g/mol. The molecule has 1 aliphatic rings. The highest BCUT2D eigenvalue weighted by molar-refractivity contribution is 9.09. The third-order valence-corrected chi connectivity index (χ3v) is 3.85. The number of morpholine rings is 1. The zero-order chi connectivity index (χ0) is 15.6. The second-order valence-corrected chi connectivity index (χ2v) is 5.54. The van der Waals surface area contributed by atoms with Gasteiger partial charge in [-0.2, -0.15) is 0 Å². The number of non-ortho nitro benzene ring substituents is 1. The zero-order valence-corrected chi connectivity index (χ0v) is 12.9. The van der Waals surface area contributed by atoms with E-state index >= 15 is 0 Å². The van der Waals surface area contributed by atoms with Crippen LogP contribution in [0, 0.1) is 15.9 Å². The molecule has 0 spiro atoms. The number of ether oxygens (including phenoxy) is 1. The van der Waals surface area contributed by atoms with Gasteiger partial charge in [0, 0.05) is 30.0 Å². The number of amides is 1. The number of carbonyl (C=O) groups is 1. The maximum atomic E-state index is 13.4. The highest BCUT2D eigenvalue weighted by atomic mass is 79.9. The molecule has 6 nitrogen and oxygen atoms in total. The lowest BCUT2D eigenvalue weighted by molar-refractivity contribution is -0.385. The molecule has 21 heavy (non-hydrogen) atoms. The van der Waals surface area contributed by atoms with Gasteiger partial charge in [-0.25, -0.2) is 4.39 Å². The van der Waals surface area contributed by atoms with Crippen molar-refractivity contribution >= 4 is 27.5 Å². The van der Waals surface area contributed by atoms with Gasteiger partial charge in [-0.1, -0.05) is 15.9 Å². The molecule has 1 saturated heterocycles. The van der Waals surface area contributed by atoms with Crippen LogP contribution in [-0.4, -0.2) is 46.4 Å². The average Bonchev–Trinajstić information content (AvgIpc) is 2.45. The number of nitro benzene ring substituents is 1. The summed E-state index contributed by atoms with van der Waals surface area (Å²) in [6.45, 7) is 2.56. The van der Waals surface area contributed by atoms with Crippen molar-refractivity contribution < 1.29 is 18.8 Å². The van der Waals surface area contributed by atoms with Crippen LogP contribution in [0.4, 0.5) is 10.1 Å². The second kappa shape index (κ2) is 6.48. The Bertz CT molecular complexity index is 569. The van der Waals surface area contributed by atoms with Crippen LogP contribution in [0.25, 0.3) is 0 Å². The van der Waals surface area contributed by atoms with Gasteiger partial charge in [0.05, 0.1) is 23.2 Å². The molecule has 2 atom stereocenters. The highest BCUT2D eigenvalue weighted by Crippen LogP contribution is 2.20. The normalized spacial score (nSPS) is 22.1. The molecule has 0 N–H and O–H groups in total. The first kappa shape index (κ1) is 15.8. The third kappa shape index (κ3) is 3.76. The summed E-state index contributed by atoms with van der Waals surface area (Å²) >= 11 is 3.30. The van der Waals surface area contributed by atoms with E-state index < -0.39 is 22.3 Å². The summed E-state index contributed by atoms with van der Waals surface area (Å²) in [6.07, 6.45) is -0.296. The molecule has 0 bridgehead atoms. The number of carbonyl (C=O) groups excluding carboxylic acids is 1.